The van der Waals surface area contributed by atoms with Crippen LogP contribution in [-0.4, -0.2) is 46.4 Å². The molecule has 7 heteroatoms. The maximum absolute atomic E-state index is 12.7. The highest BCUT2D eigenvalue weighted by Crippen LogP contribution is 2.30. The lowest BCUT2D eigenvalue weighted by Gasteiger charge is -2.33. The fourth-order valence-electron chi connectivity index (χ4n) is 2.43. The van der Waals surface area contributed by atoms with Crippen molar-refractivity contribution < 1.29 is 9.72 Å². The molecule has 1 fully saturated rings. The normalized spacial score (nSPS) is 18.4. The Bertz CT molecular complexity index is 550. The third-order valence-electron chi connectivity index (χ3n) is 3.44. The molecule has 0 bridgehead atoms. The molecule has 1 atom stereocenters. The zero-order valence-corrected chi connectivity index (χ0v) is 13.0. The number of nitrogens with one attached hydrogen (secondary N) is 1. The second-order valence-electron chi connectivity index (χ2n) is 4.91. The summed E-state index contributed by atoms with van der Waals surface area (Å²) >= 11 is 1.80. The van der Waals surface area contributed by atoms with Gasteiger partial charge < -0.3 is 10.2 Å². The molecule has 1 aromatic rings. The van der Waals surface area contributed by atoms with Gasteiger partial charge in [-0.05, 0) is 26.0 Å². The number of nitro groups is 1. The van der Waals surface area contributed by atoms with Crippen molar-refractivity contribution in [1.82, 2.24) is 4.90 Å². The zero-order chi connectivity index (χ0) is 15.4. The molecule has 1 aromatic carbocycles. The van der Waals surface area contributed by atoms with E-state index in [9.17, 15) is 14.9 Å². The lowest BCUT2D eigenvalue weighted by atomic mass is 10.1. The van der Waals surface area contributed by atoms with Crippen molar-refractivity contribution in [3.8, 4) is 0 Å². The van der Waals surface area contributed by atoms with Crippen LogP contribution in [0.4, 0.5) is 11.4 Å². The molecule has 6 nitrogen and oxygen atoms in total. The molecular formula is C14H19N3O3S. The van der Waals surface area contributed by atoms with E-state index in [1.807, 2.05) is 13.8 Å². The number of hydrogen-bond donors (Lipinski definition) is 1. The summed E-state index contributed by atoms with van der Waals surface area (Å²) in [5.41, 5.74) is 0.430. The fraction of sp³-hybridized carbons (Fsp3) is 0.500. The number of nitro benzene ring substituents is 1. The molecule has 114 valence electrons. The average molecular weight is 309 g/mol. The minimum Gasteiger partial charge on any atom is -0.380 e. The van der Waals surface area contributed by atoms with Crippen LogP contribution in [0.5, 0.6) is 0 Å². The number of anilines is 1. The van der Waals surface area contributed by atoms with Gasteiger partial charge in [0, 0.05) is 30.6 Å². The highest BCUT2D eigenvalue weighted by Gasteiger charge is 2.31. The summed E-state index contributed by atoms with van der Waals surface area (Å²) < 4.78 is 0. The number of carbonyl (C=O) groups excluding carboxylic acids is 1. The average Bonchev–Trinajstić information content (AvgIpc) is 2.47. The van der Waals surface area contributed by atoms with Gasteiger partial charge >= 0.3 is 5.69 Å². The van der Waals surface area contributed by atoms with E-state index in [0.29, 0.717) is 18.8 Å². The predicted octanol–water partition coefficient (Wildman–Crippen LogP) is 2.60. The third-order valence-corrected chi connectivity index (χ3v) is 4.63. The van der Waals surface area contributed by atoms with Gasteiger partial charge in [-0.2, -0.15) is 11.8 Å². The summed E-state index contributed by atoms with van der Waals surface area (Å²) in [6.45, 7) is 5.04. The Morgan fingerprint density at radius 3 is 2.95 bits per heavy atom. The number of rotatable bonds is 4. The van der Waals surface area contributed by atoms with Gasteiger partial charge in [0.25, 0.3) is 5.91 Å². The molecule has 1 heterocycles. The topological polar surface area (TPSA) is 75.5 Å². The molecule has 1 aliphatic rings. The summed E-state index contributed by atoms with van der Waals surface area (Å²) in [5.74, 6) is 1.48. The lowest BCUT2D eigenvalue weighted by Crippen LogP contribution is -2.44. The van der Waals surface area contributed by atoms with Gasteiger partial charge in [-0.25, -0.2) is 0 Å². The minimum absolute atomic E-state index is 0.0960. The minimum atomic E-state index is -0.478. The third kappa shape index (κ3) is 3.29. The number of amides is 1. The van der Waals surface area contributed by atoms with E-state index in [-0.39, 0.29) is 23.2 Å². The molecular weight excluding hydrogens is 290 g/mol. The van der Waals surface area contributed by atoms with Crippen LogP contribution in [0.3, 0.4) is 0 Å². The van der Waals surface area contributed by atoms with E-state index in [0.717, 1.165) is 11.5 Å². The van der Waals surface area contributed by atoms with Crippen LogP contribution in [0.2, 0.25) is 0 Å². The van der Waals surface area contributed by atoms with Crippen LogP contribution in [0.15, 0.2) is 18.2 Å². The monoisotopic (exact) mass is 309 g/mol. The first-order valence-electron chi connectivity index (χ1n) is 6.96. The van der Waals surface area contributed by atoms with Gasteiger partial charge in [0.05, 0.1) is 4.92 Å². The number of para-hydroxylation sites is 1. The molecule has 0 spiro atoms. The van der Waals surface area contributed by atoms with E-state index >= 15 is 0 Å². The Labute approximate surface area is 128 Å². The highest BCUT2D eigenvalue weighted by molar-refractivity contribution is 7.99. The quantitative estimate of drug-likeness (QED) is 0.683. The van der Waals surface area contributed by atoms with Crippen molar-refractivity contribution in [3.63, 3.8) is 0 Å². The zero-order valence-electron chi connectivity index (χ0n) is 12.2. The largest absolute Gasteiger partial charge is 0.380 e. The van der Waals surface area contributed by atoms with Gasteiger partial charge in [0.15, 0.2) is 0 Å². The van der Waals surface area contributed by atoms with Gasteiger partial charge in [-0.1, -0.05) is 6.07 Å². The predicted molar refractivity (Wildman–Crippen MR) is 85.1 cm³/mol. The van der Waals surface area contributed by atoms with Crippen LogP contribution in [0, 0.1) is 10.1 Å². The highest BCUT2D eigenvalue weighted by atomic mass is 32.2. The maximum Gasteiger partial charge on any atom is 0.305 e. The summed E-state index contributed by atoms with van der Waals surface area (Å²) in [6, 6.07) is 4.95. The smallest absolute Gasteiger partial charge is 0.305 e. The first-order chi connectivity index (χ1) is 10.1. The maximum atomic E-state index is 12.7. The van der Waals surface area contributed by atoms with Crippen molar-refractivity contribution in [3.05, 3.63) is 33.9 Å². The molecule has 0 saturated carbocycles. The molecule has 21 heavy (non-hydrogen) atoms. The first-order valence-corrected chi connectivity index (χ1v) is 8.11. The summed E-state index contributed by atoms with van der Waals surface area (Å²) in [4.78, 5) is 25.3. The van der Waals surface area contributed by atoms with Gasteiger partial charge in [0.2, 0.25) is 0 Å². The van der Waals surface area contributed by atoms with Crippen molar-refractivity contribution in [2.75, 3.05) is 29.9 Å². The van der Waals surface area contributed by atoms with Crippen molar-refractivity contribution in [2.24, 2.45) is 0 Å². The Kier molecular flexibility index (Phi) is 5.06. The fourth-order valence-corrected chi connectivity index (χ4v) is 3.44. The standard InChI is InChI=1S/C14H19N3O3S/c1-3-15-12-6-4-5-11(13(12)17(19)20)14(18)16-7-8-21-9-10(16)2/h4-6,10,15H,3,7-9H2,1-2H3. The van der Waals surface area contributed by atoms with E-state index in [2.05, 4.69) is 5.32 Å². The Hall–Kier alpha value is -1.76. The number of thioether (sulfide) groups is 1. The Balaban J connectivity index is 2.40. The van der Waals surface area contributed by atoms with Crippen molar-refractivity contribution in [2.45, 2.75) is 19.9 Å². The summed E-state index contributed by atoms with van der Waals surface area (Å²) in [6.07, 6.45) is 0. The van der Waals surface area contributed by atoms with E-state index in [4.69, 9.17) is 0 Å². The molecule has 1 aliphatic heterocycles. The van der Waals surface area contributed by atoms with E-state index < -0.39 is 4.92 Å². The number of carbonyl (C=O) groups is 1. The SMILES string of the molecule is CCNc1cccc(C(=O)N2CCSCC2C)c1[N+](=O)[O-]. The molecule has 0 aliphatic carbocycles. The Morgan fingerprint density at radius 2 is 2.33 bits per heavy atom. The van der Waals surface area contributed by atoms with E-state index in [1.165, 1.54) is 6.07 Å². The van der Waals surface area contributed by atoms with Crippen LogP contribution < -0.4 is 5.32 Å². The number of benzene rings is 1. The number of hydrogen-bond acceptors (Lipinski definition) is 5. The second kappa shape index (κ2) is 6.80. The molecule has 2 rings (SSSR count). The second-order valence-corrected chi connectivity index (χ2v) is 6.06. The summed E-state index contributed by atoms with van der Waals surface area (Å²) in [5, 5.41) is 14.3. The molecule has 0 radical (unpaired) electrons. The van der Waals surface area contributed by atoms with Crippen LogP contribution in [0.1, 0.15) is 24.2 Å². The molecule has 1 N–H and O–H groups in total. The lowest BCUT2D eigenvalue weighted by molar-refractivity contribution is -0.384. The van der Waals surface area contributed by atoms with Gasteiger partial charge in [-0.3, -0.25) is 14.9 Å². The summed E-state index contributed by atoms with van der Waals surface area (Å²) in [7, 11) is 0. The van der Waals surface area contributed by atoms with Crippen molar-refractivity contribution >= 4 is 29.0 Å². The molecule has 0 aromatic heterocycles. The number of nitrogens with zero attached hydrogens (tertiary/aromatic N) is 2. The van der Waals surface area contributed by atoms with Gasteiger partial charge in [-0.15, -0.1) is 0 Å². The van der Waals surface area contributed by atoms with E-state index in [1.54, 1.807) is 28.8 Å². The van der Waals surface area contributed by atoms with Gasteiger partial charge in [0.1, 0.15) is 11.3 Å². The Morgan fingerprint density at radius 1 is 1.57 bits per heavy atom. The van der Waals surface area contributed by atoms with Crippen molar-refractivity contribution in [1.29, 1.82) is 0 Å². The molecule has 1 unspecified atom stereocenters. The first kappa shape index (κ1) is 15.6. The molecule has 1 amide bonds. The van der Waals surface area contributed by atoms with Crippen LogP contribution >= 0.6 is 11.8 Å². The van der Waals surface area contributed by atoms with Crippen LogP contribution in [0.25, 0.3) is 0 Å². The van der Waals surface area contributed by atoms with Crippen LogP contribution in [-0.2, 0) is 0 Å². The molecule has 1 saturated heterocycles.